The number of hydrogen-bond acceptors (Lipinski definition) is 6. The van der Waals surface area contributed by atoms with Gasteiger partial charge in [-0.05, 0) is 64.1 Å². The maximum atomic E-state index is 11.5. The Morgan fingerprint density at radius 3 is 2.18 bits per heavy atom. The summed E-state index contributed by atoms with van der Waals surface area (Å²) in [5.74, 6) is 1.37. The third-order valence-corrected chi connectivity index (χ3v) is 4.71. The topological polar surface area (TPSA) is 85.6 Å². The minimum Gasteiger partial charge on any atom is -0.488 e. The van der Waals surface area contributed by atoms with E-state index in [0.717, 1.165) is 6.26 Å². The van der Waals surface area contributed by atoms with Gasteiger partial charge < -0.3 is 14.2 Å². The van der Waals surface area contributed by atoms with Gasteiger partial charge in [-0.3, -0.25) is 0 Å². The Balaban J connectivity index is 2.15. The molecule has 0 bridgehead atoms. The van der Waals surface area contributed by atoms with Gasteiger partial charge in [0.1, 0.15) is 23.4 Å². The number of hydrogen-bond donors (Lipinski definition) is 0. The van der Waals surface area contributed by atoms with Gasteiger partial charge in [0.15, 0.2) is 9.84 Å². The lowest BCUT2D eigenvalue weighted by molar-refractivity contribution is -0.0374. The summed E-state index contributed by atoms with van der Waals surface area (Å²) in [6.45, 7) is 8.20. The highest BCUT2D eigenvalue weighted by atomic mass is 32.2. The van der Waals surface area contributed by atoms with E-state index in [1.165, 1.54) is 12.1 Å². The summed E-state index contributed by atoms with van der Waals surface area (Å²) in [7, 11) is -3.27. The molecule has 150 valence electrons. The molecule has 7 heteroatoms. The second-order valence-electron chi connectivity index (χ2n) is 7.50. The Morgan fingerprint density at radius 2 is 1.64 bits per heavy atom. The van der Waals surface area contributed by atoms with Crippen molar-refractivity contribution < 1.29 is 22.6 Å². The number of ether oxygens (including phenoxy) is 3. The van der Waals surface area contributed by atoms with E-state index in [1.807, 2.05) is 27.7 Å². The first-order valence-corrected chi connectivity index (χ1v) is 10.7. The van der Waals surface area contributed by atoms with Crippen LogP contribution in [0.5, 0.6) is 17.2 Å². The fraction of sp³-hybridized carbons (Fsp3) is 0.381. The molecular formula is C21H25NO5S. The van der Waals surface area contributed by atoms with Crippen LogP contribution >= 0.6 is 0 Å². The standard InChI is InChI=1S/C21H25NO5S/c1-15(14-25-21(2,3)4)26-18-10-16(13-22)11-19(12-18)27-17-6-8-20(9-7-17)28(5,23)24/h6-12,15H,14H2,1-5H3. The molecule has 0 amide bonds. The Labute approximate surface area is 166 Å². The minimum atomic E-state index is -3.27. The number of nitrogens with zero attached hydrogens (tertiary/aromatic N) is 1. The van der Waals surface area contributed by atoms with Gasteiger partial charge in [-0.2, -0.15) is 5.26 Å². The van der Waals surface area contributed by atoms with Gasteiger partial charge in [0.05, 0.1) is 28.7 Å². The molecule has 0 spiro atoms. The number of benzene rings is 2. The van der Waals surface area contributed by atoms with Gasteiger partial charge >= 0.3 is 0 Å². The van der Waals surface area contributed by atoms with E-state index in [-0.39, 0.29) is 16.6 Å². The smallest absolute Gasteiger partial charge is 0.175 e. The number of sulfone groups is 1. The SMILES string of the molecule is CC(COC(C)(C)C)Oc1cc(C#N)cc(Oc2ccc(S(C)(=O)=O)cc2)c1. The van der Waals surface area contributed by atoms with Crippen molar-refractivity contribution in [2.24, 2.45) is 0 Å². The molecule has 0 aliphatic rings. The van der Waals surface area contributed by atoms with Crippen LogP contribution < -0.4 is 9.47 Å². The second-order valence-corrected chi connectivity index (χ2v) is 9.52. The molecule has 1 atom stereocenters. The van der Waals surface area contributed by atoms with Gasteiger partial charge in [0.2, 0.25) is 0 Å². The van der Waals surface area contributed by atoms with Crippen LogP contribution in [0.4, 0.5) is 0 Å². The van der Waals surface area contributed by atoms with Gasteiger partial charge in [-0.15, -0.1) is 0 Å². The average Bonchev–Trinajstić information content (AvgIpc) is 2.59. The molecule has 1 unspecified atom stereocenters. The van der Waals surface area contributed by atoms with Crippen LogP contribution in [0.15, 0.2) is 47.4 Å². The first-order valence-electron chi connectivity index (χ1n) is 8.80. The quantitative estimate of drug-likeness (QED) is 0.684. The second kappa shape index (κ2) is 8.63. The third-order valence-electron chi connectivity index (χ3n) is 3.59. The Bertz CT molecular complexity index is 954. The van der Waals surface area contributed by atoms with Crippen molar-refractivity contribution in [3.05, 3.63) is 48.0 Å². The maximum Gasteiger partial charge on any atom is 0.175 e. The molecule has 0 aromatic heterocycles. The van der Waals surface area contributed by atoms with E-state index in [4.69, 9.17) is 14.2 Å². The summed E-state index contributed by atoms with van der Waals surface area (Å²) >= 11 is 0. The van der Waals surface area contributed by atoms with Crippen LogP contribution in [0, 0.1) is 11.3 Å². The summed E-state index contributed by atoms with van der Waals surface area (Å²) < 4.78 is 40.4. The average molecular weight is 404 g/mol. The molecule has 2 rings (SSSR count). The zero-order valence-corrected chi connectivity index (χ0v) is 17.5. The Hall–Kier alpha value is -2.56. The zero-order chi connectivity index (χ0) is 20.9. The van der Waals surface area contributed by atoms with Crippen molar-refractivity contribution >= 4 is 9.84 Å². The van der Waals surface area contributed by atoms with E-state index in [1.54, 1.807) is 30.3 Å². The van der Waals surface area contributed by atoms with Crippen molar-refractivity contribution in [3.63, 3.8) is 0 Å². The molecule has 6 nitrogen and oxygen atoms in total. The highest BCUT2D eigenvalue weighted by Gasteiger charge is 2.14. The first-order chi connectivity index (χ1) is 13.0. The lowest BCUT2D eigenvalue weighted by atomic mass is 10.2. The van der Waals surface area contributed by atoms with E-state index in [9.17, 15) is 13.7 Å². The van der Waals surface area contributed by atoms with Crippen molar-refractivity contribution in [1.82, 2.24) is 0 Å². The van der Waals surface area contributed by atoms with Gasteiger partial charge in [-0.1, -0.05) is 0 Å². The van der Waals surface area contributed by atoms with Crippen molar-refractivity contribution in [2.45, 2.75) is 44.3 Å². The predicted octanol–water partition coefficient (Wildman–Crippen LogP) is 4.34. The fourth-order valence-electron chi connectivity index (χ4n) is 2.29. The van der Waals surface area contributed by atoms with Crippen LogP contribution in [-0.4, -0.2) is 33.0 Å². The molecule has 2 aromatic rings. The molecule has 2 aromatic carbocycles. The van der Waals surface area contributed by atoms with Crippen molar-refractivity contribution in [3.8, 4) is 23.3 Å². The summed E-state index contributed by atoms with van der Waals surface area (Å²) in [5, 5.41) is 9.27. The molecule has 28 heavy (non-hydrogen) atoms. The molecule has 0 heterocycles. The van der Waals surface area contributed by atoms with Gasteiger partial charge in [-0.25, -0.2) is 8.42 Å². The minimum absolute atomic E-state index is 0.210. The summed E-state index contributed by atoms with van der Waals surface area (Å²) in [4.78, 5) is 0.210. The summed E-state index contributed by atoms with van der Waals surface area (Å²) in [5.41, 5.74) is 0.127. The number of nitriles is 1. The zero-order valence-electron chi connectivity index (χ0n) is 16.7. The first kappa shape index (κ1) is 21.7. The van der Waals surface area contributed by atoms with E-state index in [2.05, 4.69) is 6.07 Å². The molecule has 0 saturated carbocycles. The van der Waals surface area contributed by atoms with E-state index >= 15 is 0 Å². The molecular weight excluding hydrogens is 378 g/mol. The Kier molecular flexibility index (Phi) is 6.70. The normalized spacial score (nSPS) is 12.9. The van der Waals surface area contributed by atoms with E-state index in [0.29, 0.717) is 29.4 Å². The lowest BCUT2D eigenvalue weighted by Crippen LogP contribution is -2.27. The number of rotatable bonds is 7. The summed E-state index contributed by atoms with van der Waals surface area (Å²) in [6, 6.07) is 13.1. The van der Waals surface area contributed by atoms with Crippen LogP contribution in [-0.2, 0) is 14.6 Å². The summed E-state index contributed by atoms with van der Waals surface area (Å²) in [6.07, 6.45) is 0.933. The highest BCUT2D eigenvalue weighted by molar-refractivity contribution is 7.90. The van der Waals surface area contributed by atoms with Crippen LogP contribution in [0.3, 0.4) is 0 Å². The predicted molar refractivity (Wildman–Crippen MR) is 107 cm³/mol. The third kappa shape index (κ3) is 6.87. The van der Waals surface area contributed by atoms with Gasteiger partial charge in [0.25, 0.3) is 0 Å². The molecule has 0 radical (unpaired) electrons. The Morgan fingerprint density at radius 1 is 1.04 bits per heavy atom. The molecule has 0 saturated heterocycles. The molecule has 0 aliphatic carbocycles. The lowest BCUT2D eigenvalue weighted by Gasteiger charge is -2.23. The van der Waals surface area contributed by atoms with Crippen molar-refractivity contribution in [1.29, 1.82) is 5.26 Å². The van der Waals surface area contributed by atoms with Gasteiger partial charge in [0, 0.05) is 12.3 Å². The largest absolute Gasteiger partial charge is 0.488 e. The van der Waals surface area contributed by atoms with Crippen LogP contribution in [0.2, 0.25) is 0 Å². The monoisotopic (exact) mass is 403 g/mol. The van der Waals surface area contributed by atoms with Crippen molar-refractivity contribution in [2.75, 3.05) is 12.9 Å². The molecule has 0 aliphatic heterocycles. The van der Waals surface area contributed by atoms with Crippen LogP contribution in [0.25, 0.3) is 0 Å². The fourth-order valence-corrected chi connectivity index (χ4v) is 2.92. The molecule has 0 fully saturated rings. The van der Waals surface area contributed by atoms with E-state index < -0.39 is 9.84 Å². The maximum absolute atomic E-state index is 11.5. The van der Waals surface area contributed by atoms with Crippen LogP contribution in [0.1, 0.15) is 33.3 Å². The highest BCUT2D eigenvalue weighted by Crippen LogP contribution is 2.28. The molecule has 0 N–H and O–H groups in total.